The minimum Gasteiger partial charge on any atom is -0.494 e. The van der Waals surface area contributed by atoms with Gasteiger partial charge in [0.25, 0.3) is 0 Å². The van der Waals surface area contributed by atoms with Crippen LogP contribution in [-0.4, -0.2) is 37.8 Å². The number of carbonyl (C=O) groups excluding carboxylic acids is 1. The highest BCUT2D eigenvalue weighted by atomic mass is 19.1. The average Bonchev–Trinajstić information content (AvgIpc) is 3.35. The molecule has 0 aliphatic heterocycles. The van der Waals surface area contributed by atoms with Crippen molar-refractivity contribution in [3.8, 4) is 5.75 Å². The van der Waals surface area contributed by atoms with E-state index in [1.807, 2.05) is 29.8 Å². The lowest BCUT2D eigenvalue weighted by Crippen LogP contribution is -2.15. The number of anilines is 1. The van der Waals surface area contributed by atoms with Crippen molar-refractivity contribution in [3.63, 3.8) is 0 Å². The molecular weight excluding hydrogens is 387 g/mol. The summed E-state index contributed by atoms with van der Waals surface area (Å²) in [4.78, 5) is 13.8. The van der Waals surface area contributed by atoms with Crippen molar-refractivity contribution in [2.45, 2.75) is 26.4 Å². The molecule has 4 rings (SSSR count). The molecule has 2 heterocycles. The van der Waals surface area contributed by atoms with Gasteiger partial charge < -0.3 is 10.1 Å². The van der Waals surface area contributed by atoms with Gasteiger partial charge >= 0.3 is 0 Å². The first kappa shape index (κ1) is 19.6. The Bertz CT molecular complexity index is 1200. The van der Waals surface area contributed by atoms with Gasteiger partial charge in [-0.2, -0.15) is 15.0 Å². The van der Waals surface area contributed by atoms with Crippen LogP contribution in [0.5, 0.6) is 5.75 Å². The van der Waals surface area contributed by atoms with Gasteiger partial charge in [-0.25, -0.2) is 4.39 Å². The molecule has 0 saturated carbocycles. The molecule has 154 valence electrons. The maximum atomic E-state index is 13.5. The molecule has 0 spiro atoms. The normalized spacial score (nSPS) is 11.0. The molecule has 0 fully saturated rings. The highest BCUT2D eigenvalue weighted by molar-refractivity contribution is 5.92. The Morgan fingerprint density at radius 2 is 1.97 bits per heavy atom. The van der Waals surface area contributed by atoms with Crippen LogP contribution in [0, 0.1) is 5.82 Å². The largest absolute Gasteiger partial charge is 0.494 e. The fraction of sp³-hybridized carbons (Fsp3) is 0.238. The predicted octanol–water partition coefficient (Wildman–Crippen LogP) is 3.02. The van der Waals surface area contributed by atoms with Crippen molar-refractivity contribution in [2.24, 2.45) is 0 Å². The number of nitrogens with one attached hydrogen (secondary N) is 1. The molecule has 30 heavy (non-hydrogen) atoms. The van der Waals surface area contributed by atoms with Crippen LogP contribution in [-0.2, 0) is 24.3 Å². The van der Waals surface area contributed by atoms with E-state index < -0.39 is 5.82 Å². The number of nitrogens with zero attached hydrogens (tertiary/aromatic N) is 5. The standard InChI is InChI=1S/C21H21FN6O2/c1-3-27-18-7-5-14(8-16(18)11-23-27)10-21(29)25-20-12-24-28(26-20)13-15-4-6-17(22)19(9-15)30-2/h4-9,11-12H,3,10,13H2,1-2H3,(H,25,26,29). The number of amides is 1. The zero-order valence-electron chi connectivity index (χ0n) is 16.7. The van der Waals surface area contributed by atoms with Crippen LogP contribution < -0.4 is 10.1 Å². The summed E-state index contributed by atoms with van der Waals surface area (Å²) >= 11 is 0. The van der Waals surface area contributed by atoms with Crippen LogP contribution in [0.25, 0.3) is 10.9 Å². The number of aryl methyl sites for hydroxylation is 1. The molecule has 2 aromatic heterocycles. The molecule has 2 aromatic carbocycles. The highest BCUT2D eigenvalue weighted by Crippen LogP contribution is 2.19. The zero-order chi connectivity index (χ0) is 21.1. The first-order chi connectivity index (χ1) is 14.6. The number of hydrogen-bond donors (Lipinski definition) is 1. The maximum Gasteiger partial charge on any atom is 0.230 e. The minimum absolute atomic E-state index is 0.162. The summed E-state index contributed by atoms with van der Waals surface area (Å²) < 4.78 is 20.4. The molecule has 0 bridgehead atoms. The Labute approximate surface area is 172 Å². The lowest BCUT2D eigenvalue weighted by molar-refractivity contribution is -0.115. The van der Waals surface area contributed by atoms with E-state index in [0.29, 0.717) is 12.4 Å². The number of carbonyl (C=O) groups is 1. The van der Waals surface area contributed by atoms with Crippen molar-refractivity contribution in [1.29, 1.82) is 0 Å². The fourth-order valence-corrected chi connectivity index (χ4v) is 3.27. The van der Waals surface area contributed by atoms with Gasteiger partial charge in [-0.1, -0.05) is 12.1 Å². The third-order valence-corrected chi connectivity index (χ3v) is 4.71. The summed E-state index contributed by atoms with van der Waals surface area (Å²) in [5.41, 5.74) is 2.71. The Kier molecular flexibility index (Phi) is 5.42. The molecule has 1 N–H and O–H groups in total. The number of aromatic nitrogens is 5. The van der Waals surface area contributed by atoms with Crippen LogP contribution in [0.15, 0.2) is 48.8 Å². The molecule has 0 aliphatic carbocycles. The quantitative estimate of drug-likeness (QED) is 0.508. The third kappa shape index (κ3) is 4.14. The first-order valence-electron chi connectivity index (χ1n) is 9.52. The second-order valence-electron chi connectivity index (χ2n) is 6.81. The minimum atomic E-state index is -0.428. The van der Waals surface area contributed by atoms with Crippen LogP contribution >= 0.6 is 0 Å². The lowest BCUT2D eigenvalue weighted by atomic mass is 10.1. The van der Waals surface area contributed by atoms with Crippen molar-refractivity contribution in [1.82, 2.24) is 24.8 Å². The van der Waals surface area contributed by atoms with Crippen molar-refractivity contribution in [3.05, 3.63) is 65.7 Å². The number of halogens is 1. The number of hydrogen-bond acceptors (Lipinski definition) is 5. The van der Waals surface area contributed by atoms with E-state index in [0.717, 1.165) is 28.6 Å². The molecule has 1 amide bonds. The third-order valence-electron chi connectivity index (χ3n) is 4.71. The first-order valence-corrected chi connectivity index (χ1v) is 9.52. The predicted molar refractivity (Wildman–Crippen MR) is 110 cm³/mol. The van der Waals surface area contributed by atoms with Gasteiger partial charge in [-0.15, -0.1) is 5.10 Å². The Morgan fingerprint density at radius 3 is 2.77 bits per heavy atom. The number of rotatable bonds is 7. The van der Waals surface area contributed by atoms with Gasteiger partial charge in [-0.3, -0.25) is 9.48 Å². The van der Waals surface area contributed by atoms with Crippen molar-refractivity contribution in [2.75, 3.05) is 12.4 Å². The molecule has 0 atom stereocenters. The fourth-order valence-electron chi connectivity index (χ4n) is 3.27. The van der Waals surface area contributed by atoms with E-state index in [4.69, 9.17) is 4.74 Å². The second kappa shape index (κ2) is 8.32. The molecule has 8 nitrogen and oxygen atoms in total. The monoisotopic (exact) mass is 408 g/mol. The zero-order valence-corrected chi connectivity index (χ0v) is 16.7. The second-order valence-corrected chi connectivity index (χ2v) is 6.81. The topological polar surface area (TPSA) is 86.9 Å². The molecule has 0 aliphatic rings. The van der Waals surface area contributed by atoms with Gasteiger partial charge in [0, 0.05) is 11.9 Å². The summed E-state index contributed by atoms with van der Waals surface area (Å²) in [6.45, 7) is 3.15. The van der Waals surface area contributed by atoms with Crippen molar-refractivity contribution >= 4 is 22.6 Å². The van der Waals surface area contributed by atoms with E-state index in [1.165, 1.54) is 24.2 Å². The summed E-state index contributed by atoms with van der Waals surface area (Å²) in [7, 11) is 1.41. The summed E-state index contributed by atoms with van der Waals surface area (Å²) in [5.74, 6) is -0.0980. The average molecular weight is 408 g/mol. The molecule has 0 saturated heterocycles. The van der Waals surface area contributed by atoms with Crippen LogP contribution in [0.4, 0.5) is 10.2 Å². The molecular formula is C21H21FN6O2. The summed E-state index contributed by atoms with van der Waals surface area (Å²) in [6.07, 6.45) is 3.50. The molecule has 4 aromatic rings. The lowest BCUT2D eigenvalue weighted by Gasteiger charge is -2.05. The van der Waals surface area contributed by atoms with E-state index in [-0.39, 0.29) is 18.1 Å². The van der Waals surface area contributed by atoms with E-state index in [9.17, 15) is 9.18 Å². The van der Waals surface area contributed by atoms with Crippen LogP contribution in [0.3, 0.4) is 0 Å². The van der Waals surface area contributed by atoms with Gasteiger partial charge in [0.15, 0.2) is 17.4 Å². The van der Waals surface area contributed by atoms with E-state index >= 15 is 0 Å². The molecule has 0 radical (unpaired) electrons. The Balaban J connectivity index is 1.39. The molecule has 0 unspecified atom stereocenters. The SMILES string of the molecule is CCn1ncc2cc(CC(=O)Nc3cnn(Cc4ccc(F)c(OC)c4)n3)ccc21. The number of fused-ring (bicyclic) bond motifs is 1. The number of ether oxygens (including phenoxy) is 1. The molecule has 9 heteroatoms. The Morgan fingerprint density at radius 1 is 1.13 bits per heavy atom. The smallest absolute Gasteiger partial charge is 0.230 e. The van der Waals surface area contributed by atoms with Crippen LogP contribution in [0.1, 0.15) is 18.1 Å². The van der Waals surface area contributed by atoms with Gasteiger partial charge in [0.05, 0.1) is 38.0 Å². The van der Waals surface area contributed by atoms with Gasteiger partial charge in [-0.05, 0) is 42.3 Å². The van der Waals surface area contributed by atoms with E-state index in [1.54, 1.807) is 18.3 Å². The van der Waals surface area contributed by atoms with Gasteiger partial charge in [0.2, 0.25) is 5.91 Å². The maximum absolute atomic E-state index is 13.5. The Hall–Kier alpha value is -3.75. The van der Waals surface area contributed by atoms with Crippen LogP contribution in [0.2, 0.25) is 0 Å². The van der Waals surface area contributed by atoms with E-state index in [2.05, 4.69) is 20.6 Å². The van der Waals surface area contributed by atoms with Gasteiger partial charge in [0.1, 0.15) is 0 Å². The highest BCUT2D eigenvalue weighted by Gasteiger charge is 2.10. The number of benzene rings is 2. The summed E-state index contributed by atoms with van der Waals surface area (Å²) in [6, 6.07) is 10.4. The number of methoxy groups -OCH3 is 1. The summed E-state index contributed by atoms with van der Waals surface area (Å²) in [5, 5.41) is 16.5. The van der Waals surface area contributed by atoms with Crippen molar-refractivity contribution < 1.29 is 13.9 Å².